The van der Waals surface area contributed by atoms with Crippen molar-refractivity contribution in [3.05, 3.63) is 21.1 Å². The van der Waals surface area contributed by atoms with Gasteiger partial charge in [-0.2, -0.15) is 0 Å². The van der Waals surface area contributed by atoms with E-state index in [2.05, 4.69) is 23.8 Å². The van der Waals surface area contributed by atoms with Crippen molar-refractivity contribution in [3.63, 3.8) is 0 Å². The van der Waals surface area contributed by atoms with Gasteiger partial charge >= 0.3 is 5.69 Å². The first kappa shape index (κ1) is 20.6. The van der Waals surface area contributed by atoms with Gasteiger partial charge in [-0.05, 0) is 19.8 Å². The van der Waals surface area contributed by atoms with Crippen molar-refractivity contribution in [2.45, 2.75) is 72.1 Å². The first-order valence-electron chi connectivity index (χ1n) is 8.94. The zero-order chi connectivity index (χ0) is 17.9. The Balaban J connectivity index is 2.96. The zero-order valence-electron chi connectivity index (χ0n) is 15.1. The molecule has 1 rings (SSSR count). The number of aromatic nitrogens is 2. The minimum absolute atomic E-state index is 0.0744. The molecular weight excluding hydrogens is 328 g/mol. The molecule has 7 heteroatoms. The molecule has 0 aromatic carbocycles. The predicted octanol–water partition coefficient (Wildman–Crippen LogP) is 5.31. The van der Waals surface area contributed by atoms with Gasteiger partial charge in [-0.15, -0.1) is 0 Å². The second-order valence-electron chi connectivity index (χ2n) is 6.10. The Morgan fingerprint density at radius 3 is 2.00 bits per heavy atom. The van der Waals surface area contributed by atoms with Gasteiger partial charge in [-0.1, -0.05) is 64.0 Å². The highest BCUT2D eigenvalue weighted by molar-refractivity contribution is 6.31. The molecule has 0 saturated heterocycles. The molecule has 0 fully saturated rings. The summed E-state index contributed by atoms with van der Waals surface area (Å²) in [7, 11) is 0. The van der Waals surface area contributed by atoms with Gasteiger partial charge in [0.15, 0.2) is 0 Å². The molecular formula is C17H29ClN4O2. The van der Waals surface area contributed by atoms with E-state index < -0.39 is 4.92 Å². The van der Waals surface area contributed by atoms with E-state index in [1.165, 1.54) is 12.8 Å². The first-order chi connectivity index (χ1) is 11.5. The van der Waals surface area contributed by atoms with Crippen LogP contribution in [0.25, 0.3) is 0 Å². The standard InChI is InChI=1S/C17H29ClN4O2/c1-4-6-8-10-12-21(13-11-9-7-5-2)17-15(22(23)24)16(18)19-14(3)20-17/h4-13H2,1-3H3. The lowest BCUT2D eigenvalue weighted by Crippen LogP contribution is -2.28. The van der Waals surface area contributed by atoms with Crippen molar-refractivity contribution in [1.82, 2.24) is 9.97 Å². The molecule has 0 saturated carbocycles. The molecule has 0 N–H and O–H groups in total. The van der Waals surface area contributed by atoms with Crippen LogP contribution >= 0.6 is 11.6 Å². The molecule has 6 nitrogen and oxygen atoms in total. The Hall–Kier alpha value is -1.43. The van der Waals surface area contributed by atoms with Crippen molar-refractivity contribution in [2.24, 2.45) is 0 Å². The average Bonchev–Trinajstić information content (AvgIpc) is 2.52. The lowest BCUT2D eigenvalue weighted by atomic mass is 10.1. The predicted molar refractivity (Wildman–Crippen MR) is 98.9 cm³/mol. The van der Waals surface area contributed by atoms with Crippen LogP contribution in [-0.2, 0) is 0 Å². The molecule has 0 aliphatic carbocycles. The lowest BCUT2D eigenvalue weighted by molar-refractivity contribution is -0.384. The topological polar surface area (TPSA) is 72.2 Å². The summed E-state index contributed by atoms with van der Waals surface area (Å²) >= 11 is 6.02. The van der Waals surface area contributed by atoms with Crippen LogP contribution < -0.4 is 4.90 Å². The van der Waals surface area contributed by atoms with Crippen LogP contribution in [0.15, 0.2) is 0 Å². The number of hydrogen-bond acceptors (Lipinski definition) is 5. The van der Waals surface area contributed by atoms with Gasteiger partial charge in [0.1, 0.15) is 5.82 Å². The number of nitro groups is 1. The van der Waals surface area contributed by atoms with E-state index in [0.29, 0.717) is 11.6 Å². The van der Waals surface area contributed by atoms with Gasteiger partial charge in [-0.3, -0.25) is 10.1 Å². The fourth-order valence-corrected chi connectivity index (χ4v) is 2.95. The highest BCUT2D eigenvalue weighted by Gasteiger charge is 2.26. The summed E-state index contributed by atoms with van der Waals surface area (Å²) < 4.78 is 0. The minimum atomic E-state index is -0.470. The van der Waals surface area contributed by atoms with E-state index in [9.17, 15) is 10.1 Å². The normalized spacial score (nSPS) is 10.8. The highest BCUT2D eigenvalue weighted by Crippen LogP contribution is 2.32. The van der Waals surface area contributed by atoms with Crippen molar-refractivity contribution >= 4 is 23.1 Å². The number of anilines is 1. The summed E-state index contributed by atoms with van der Waals surface area (Å²) in [6.07, 6.45) is 8.91. The Kier molecular flexibility index (Phi) is 9.60. The molecule has 0 bridgehead atoms. The van der Waals surface area contributed by atoms with Crippen LogP contribution in [0.1, 0.15) is 71.0 Å². The van der Waals surface area contributed by atoms with Gasteiger partial charge < -0.3 is 4.90 Å². The molecule has 1 heterocycles. The third-order valence-electron chi connectivity index (χ3n) is 3.98. The first-order valence-corrected chi connectivity index (χ1v) is 9.32. The zero-order valence-corrected chi connectivity index (χ0v) is 15.8. The van der Waals surface area contributed by atoms with Crippen molar-refractivity contribution < 1.29 is 4.92 Å². The van der Waals surface area contributed by atoms with E-state index in [4.69, 9.17) is 11.6 Å². The number of halogens is 1. The number of unbranched alkanes of at least 4 members (excludes halogenated alkanes) is 6. The fraction of sp³-hybridized carbons (Fsp3) is 0.765. The molecule has 0 radical (unpaired) electrons. The third kappa shape index (κ3) is 6.59. The Labute approximate surface area is 149 Å². The number of hydrogen-bond donors (Lipinski definition) is 0. The Morgan fingerprint density at radius 2 is 1.54 bits per heavy atom. The van der Waals surface area contributed by atoms with Crippen molar-refractivity contribution in [3.8, 4) is 0 Å². The fourth-order valence-electron chi connectivity index (χ4n) is 2.68. The summed E-state index contributed by atoms with van der Waals surface area (Å²) in [4.78, 5) is 21.3. The molecule has 24 heavy (non-hydrogen) atoms. The summed E-state index contributed by atoms with van der Waals surface area (Å²) in [6, 6.07) is 0. The van der Waals surface area contributed by atoms with Crippen LogP contribution in [0.5, 0.6) is 0 Å². The summed E-state index contributed by atoms with van der Waals surface area (Å²) in [5.74, 6) is 0.832. The van der Waals surface area contributed by atoms with Crippen LogP contribution in [0.2, 0.25) is 5.15 Å². The maximum atomic E-state index is 11.4. The number of aryl methyl sites for hydroxylation is 1. The minimum Gasteiger partial charge on any atom is -0.351 e. The summed E-state index contributed by atoms with van der Waals surface area (Å²) in [6.45, 7) is 7.58. The van der Waals surface area contributed by atoms with Crippen LogP contribution in [0, 0.1) is 17.0 Å². The van der Waals surface area contributed by atoms with E-state index in [1.54, 1.807) is 6.92 Å². The Bertz CT molecular complexity index is 514. The maximum absolute atomic E-state index is 11.4. The number of nitrogens with zero attached hydrogens (tertiary/aromatic N) is 4. The Morgan fingerprint density at radius 1 is 1.00 bits per heavy atom. The molecule has 136 valence electrons. The van der Waals surface area contributed by atoms with Gasteiger partial charge in [0, 0.05) is 13.1 Å². The van der Waals surface area contributed by atoms with E-state index in [1.807, 2.05) is 4.90 Å². The van der Waals surface area contributed by atoms with E-state index in [-0.39, 0.29) is 10.8 Å². The monoisotopic (exact) mass is 356 g/mol. The second-order valence-corrected chi connectivity index (χ2v) is 6.46. The third-order valence-corrected chi connectivity index (χ3v) is 4.24. The van der Waals surface area contributed by atoms with Crippen LogP contribution in [-0.4, -0.2) is 28.0 Å². The molecule has 1 aromatic rings. The maximum Gasteiger partial charge on any atom is 0.348 e. The highest BCUT2D eigenvalue weighted by atomic mass is 35.5. The molecule has 0 amide bonds. The van der Waals surface area contributed by atoms with Gasteiger partial charge in [0.25, 0.3) is 0 Å². The van der Waals surface area contributed by atoms with Crippen LogP contribution in [0.4, 0.5) is 11.5 Å². The SMILES string of the molecule is CCCCCCN(CCCCCC)c1nc(C)nc(Cl)c1[N+](=O)[O-]. The summed E-state index contributed by atoms with van der Waals surface area (Å²) in [5.41, 5.74) is -0.173. The molecule has 0 aliphatic rings. The largest absolute Gasteiger partial charge is 0.351 e. The molecule has 0 aliphatic heterocycles. The molecule has 0 atom stereocenters. The molecule has 0 spiro atoms. The molecule has 1 aromatic heterocycles. The lowest BCUT2D eigenvalue weighted by Gasteiger charge is -2.24. The van der Waals surface area contributed by atoms with E-state index >= 15 is 0 Å². The van der Waals surface area contributed by atoms with E-state index in [0.717, 1.165) is 51.6 Å². The van der Waals surface area contributed by atoms with Gasteiger partial charge in [-0.25, -0.2) is 9.97 Å². The van der Waals surface area contributed by atoms with Gasteiger partial charge in [0.2, 0.25) is 11.0 Å². The second kappa shape index (κ2) is 11.2. The average molecular weight is 357 g/mol. The summed E-state index contributed by atoms with van der Waals surface area (Å²) in [5, 5.41) is 11.4. The molecule has 0 unspecified atom stereocenters. The number of rotatable bonds is 12. The van der Waals surface area contributed by atoms with Gasteiger partial charge in [0.05, 0.1) is 4.92 Å². The smallest absolute Gasteiger partial charge is 0.348 e. The van der Waals surface area contributed by atoms with Crippen molar-refractivity contribution in [2.75, 3.05) is 18.0 Å². The quantitative estimate of drug-likeness (QED) is 0.219. The van der Waals surface area contributed by atoms with Crippen LogP contribution in [0.3, 0.4) is 0 Å². The van der Waals surface area contributed by atoms with Crippen molar-refractivity contribution in [1.29, 1.82) is 0 Å².